The van der Waals surface area contributed by atoms with E-state index in [1.807, 2.05) is 52.2 Å². The number of hydrogen-bond acceptors (Lipinski definition) is 5. The summed E-state index contributed by atoms with van der Waals surface area (Å²) in [6, 6.07) is 11.0. The molecule has 0 radical (unpaired) electrons. The van der Waals surface area contributed by atoms with Gasteiger partial charge in [-0.25, -0.2) is 4.98 Å². The molecular formula is C19H26N4O2. The van der Waals surface area contributed by atoms with Crippen LogP contribution >= 0.6 is 0 Å². The summed E-state index contributed by atoms with van der Waals surface area (Å²) >= 11 is 0. The first-order valence-corrected chi connectivity index (χ1v) is 8.37. The van der Waals surface area contributed by atoms with Gasteiger partial charge in [-0.15, -0.1) is 0 Å². The quantitative estimate of drug-likeness (QED) is 0.772. The van der Waals surface area contributed by atoms with Crippen molar-refractivity contribution in [2.24, 2.45) is 0 Å². The van der Waals surface area contributed by atoms with Crippen LogP contribution in [0.4, 0.5) is 11.5 Å². The highest BCUT2D eigenvalue weighted by Crippen LogP contribution is 2.25. The molecule has 0 fully saturated rings. The van der Waals surface area contributed by atoms with E-state index in [9.17, 15) is 4.79 Å². The van der Waals surface area contributed by atoms with Crippen LogP contribution in [0.15, 0.2) is 42.6 Å². The molecule has 0 aliphatic rings. The fraction of sp³-hybridized carbons (Fsp3) is 0.368. The maximum atomic E-state index is 12.4. The van der Waals surface area contributed by atoms with E-state index in [2.05, 4.69) is 20.5 Å². The number of nitrogens with zero attached hydrogens (tertiary/aromatic N) is 2. The van der Waals surface area contributed by atoms with Gasteiger partial charge in [0.1, 0.15) is 11.6 Å². The van der Waals surface area contributed by atoms with Crippen molar-refractivity contribution in [1.29, 1.82) is 0 Å². The van der Waals surface area contributed by atoms with Crippen molar-refractivity contribution in [3.8, 4) is 5.75 Å². The summed E-state index contributed by atoms with van der Waals surface area (Å²) in [5, 5.41) is 6.10. The summed E-state index contributed by atoms with van der Waals surface area (Å²) in [5.74, 6) is 1.19. The van der Waals surface area contributed by atoms with Crippen molar-refractivity contribution in [3.05, 3.63) is 48.2 Å². The SMILES string of the molecule is CC(C)Oc1ccccc1NC(=O)c1ccc(NCCN(C)C)nc1. The average molecular weight is 342 g/mol. The van der Waals surface area contributed by atoms with Crippen LogP contribution in [-0.4, -0.2) is 49.1 Å². The maximum absolute atomic E-state index is 12.4. The molecule has 2 N–H and O–H groups in total. The van der Waals surface area contributed by atoms with Gasteiger partial charge in [0, 0.05) is 19.3 Å². The molecule has 134 valence electrons. The molecule has 0 unspecified atom stereocenters. The molecule has 25 heavy (non-hydrogen) atoms. The number of para-hydroxylation sites is 2. The average Bonchev–Trinajstić information content (AvgIpc) is 2.56. The maximum Gasteiger partial charge on any atom is 0.257 e. The number of nitrogens with one attached hydrogen (secondary N) is 2. The van der Waals surface area contributed by atoms with E-state index in [4.69, 9.17) is 4.74 Å². The first-order chi connectivity index (χ1) is 12.0. The van der Waals surface area contributed by atoms with Gasteiger partial charge in [-0.1, -0.05) is 12.1 Å². The first kappa shape index (κ1) is 18.7. The van der Waals surface area contributed by atoms with Gasteiger partial charge < -0.3 is 20.3 Å². The molecule has 0 aliphatic carbocycles. The Morgan fingerprint density at radius 1 is 1.20 bits per heavy atom. The Morgan fingerprint density at radius 3 is 2.60 bits per heavy atom. The third-order valence-corrected chi connectivity index (χ3v) is 3.39. The topological polar surface area (TPSA) is 66.5 Å². The second-order valence-corrected chi connectivity index (χ2v) is 6.28. The molecule has 0 saturated heterocycles. The first-order valence-electron chi connectivity index (χ1n) is 8.37. The summed E-state index contributed by atoms with van der Waals surface area (Å²) in [7, 11) is 4.03. The number of anilines is 2. The summed E-state index contributed by atoms with van der Waals surface area (Å²) in [6.07, 6.45) is 1.60. The van der Waals surface area contributed by atoms with E-state index in [1.54, 1.807) is 18.3 Å². The third kappa shape index (κ3) is 6.08. The smallest absolute Gasteiger partial charge is 0.257 e. The van der Waals surface area contributed by atoms with Crippen LogP contribution in [-0.2, 0) is 0 Å². The van der Waals surface area contributed by atoms with Crippen LogP contribution in [0.2, 0.25) is 0 Å². The summed E-state index contributed by atoms with van der Waals surface area (Å²) in [5.41, 5.74) is 1.15. The van der Waals surface area contributed by atoms with Crippen molar-refractivity contribution in [2.45, 2.75) is 20.0 Å². The minimum atomic E-state index is -0.216. The summed E-state index contributed by atoms with van der Waals surface area (Å²) in [4.78, 5) is 18.8. The number of ether oxygens (including phenoxy) is 1. The van der Waals surface area contributed by atoms with E-state index in [0.717, 1.165) is 18.9 Å². The normalized spacial score (nSPS) is 10.8. The number of likely N-dealkylation sites (N-methyl/N-ethyl adjacent to an activating group) is 1. The zero-order valence-electron chi connectivity index (χ0n) is 15.2. The summed E-state index contributed by atoms with van der Waals surface area (Å²) in [6.45, 7) is 5.61. The lowest BCUT2D eigenvalue weighted by molar-refractivity contribution is 0.102. The second-order valence-electron chi connectivity index (χ2n) is 6.28. The standard InChI is InChI=1S/C19H26N4O2/c1-14(2)25-17-8-6-5-7-16(17)22-19(24)15-9-10-18(21-13-15)20-11-12-23(3)4/h5-10,13-14H,11-12H2,1-4H3,(H,20,21)(H,22,24). The fourth-order valence-electron chi connectivity index (χ4n) is 2.16. The van der Waals surface area contributed by atoms with Gasteiger partial charge in [-0.05, 0) is 52.2 Å². The van der Waals surface area contributed by atoms with Crippen LogP contribution in [0.1, 0.15) is 24.2 Å². The van der Waals surface area contributed by atoms with E-state index >= 15 is 0 Å². The molecule has 1 aromatic heterocycles. The predicted octanol–water partition coefficient (Wildman–Crippen LogP) is 3.09. The monoisotopic (exact) mass is 342 g/mol. The Labute approximate surface area is 149 Å². The van der Waals surface area contributed by atoms with Crippen molar-refractivity contribution in [2.75, 3.05) is 37.8 Å². The van der Waals surface area contributed by atoms with E-state index < -0.39 is 0 Å². The number of pyridine rings is 1. The van der Waals surface area contributed by atoms with Gasteiger partial charge >= 0.3 is 0 Å². The van der Waals surface area contributed by atoms with Gasteiger partial charge in [0.2, 0.25) is 0 Å². The molecule has 1 heterocycles. The second kappa shape index (κ2) is 9.03. The van der Waals surface area contributed by atoms with E-state index in [-0.39, 0.29) is 12.0 Å². The lowest BCUT2D eigenvalue weighted by Gasteiger charge is -2.15. The molecule has 0 saturated carbocycles. The number of hydrogen-bond donors (Lipinski definition) is 2. The van der Waals surface area contributed by atoms with Crippen molar-refractivity contribution in [1.82, 2.24) is 9.88 Å². The van der Waals surface area contributed by atoms with Crippen LogP contribution in [0.5, 0.6) is 5.75 Å². The number of aromatic nitrogens is 1. The highest BCUT2D eigenvalue weighted by Gasteiger charge is 2.11. The molecule has 0 aliphatic heterocycles. The number of benzene rings is 1. The highest BCUT2D eigenvalue weighted by molar-refractivity contribution is 6.04. The Kier molecular flexibility index (Phi) is 6.77. The number of carbonyl (C=O) groups is 1. The molecular weight excluding hydrogens is 316 g/mol. The molecule has 1 aromatic carbocycles. The largest absolute Gasteiger partial charge is 0.489 e. The van der Waals surface area contributed by atoms with Gasteiger partial charge in [-0.2, -0.15) is 0 Å². The third-order valence-electron chi connectivity index (χ3n) is 3.39. The number of rotatable bonds is 8. The molecule has 1 amide bonds. The predicted molar refractivity (Wildman–Crippen MR) is 101 cm³/mol. The molecule has 0 spiro atoms. The van der Waals surface area contributed by atoms with Crippen molar-refractivity contribution >= 4 is 17.4 Å². The Bertz CT molecular complexity index is 684. The minimum Gasteiger partial charge on any atom is -0.489 e. The van der Waals surface area contributed by atoms with Crippen LogP contribution in [0.3, 0.4) is 0 Å². The molecule has 6 nitrogen and oxygen atoms in total. The van der Waals surface area contributed by atoms with Crippen LogP contribution in [0, 0.1) is 0 Å². The van der Waals surface area contributed by atoms with Gasteiger partial charge in [0.15, 0.2) is 0 Å². The lowest BCUT2D eigenvalue weighted by atomic mass is 10.2. The zero-order chi connectivity index (χ0) is 18.2. The van der Waals surface area contributed by atoms with E-state index in [0.29, 0.717) is 17.0 Å². The fourth-order valence-corrected chi connectivity index (χ4v) is 2.16. The van der Waals surface area contributed by atoms with Crippen LogP contribution in [0.25, 0.3) is 0 Å². The zero-order valence-corrected chi connectivity index (χ0v) is 15.2. The lowest BCUT2D eigenvalue weighted by Crippen LogP contribution is -2.21. The van der Waals surface area contributed by atoms with Crippen molar-refractivity contribution < 1.29 is 9.53 Å². The Hall–Kier alpha value is -2.60. The van der Waals surface area contributed by atoms with Crippen molar-refractivity contribution in [3.63, 3.8) is 0 Å². The molecule has 0 bridgehead atoms. The molecule has 0 atom stereocenters. The minimum absolute atomic E-state index is 0.0345. The Balaban J connectivity index is 1.99. The molecule has 2 aromatic rings. The number of amides is 1. The summed E-state index contributed by atoms with van der Waals surface area (Å²) < 4.78 is 5.72. The molecule has 2 rings (SSSR count). The Morgan fingerprint density at radius 2 is 1.96 bits per heavy atom. The van der Waals surface area contributed by atoms with E-state index in [1.165, 1.54) is 0 Å². The van der Waals surface area contributed by atoms with Gasteiger partial charge in [-0.3, -0.25) is 4.79 Å². The highest BCUT2D eigenvalue weighted by atomic mass is 16.5. The van der Waals surface area contributed by atoms with Gasteiger partial charge in [0.05, 0.1) is 17.4 Å². The molecule has 6 heteroatoms. The van der Waals surface area contributed by atoms with Gasteiger partial charge in [0.25, 0.3) is 5.91 Å². The number of carbonyl (C=O) groups excluding carboxylic acids is 1. The van der Waals surface area contributed by atoms with Crippen LogP contribution < -0.4 is 15.4 Å².